The van der Waals surface area contributed by atoms with Gasteiger partial charge in [-0.3, -0.25) is 5.32 Å². The van der Waals surface area contributed by atoms with Crippen molar-refractivity contribution in [2.24, 2.45) is 0 Å². The fourth-order valence-electron chi connectivity index (χ4n) is 1.50. The van der Waals surface area contributed by atoms with Crippen LogP contribution in [-0.4, -0.2) is 19.2 Å². The molecule has 0 aromatic heterocycles. The maximum absolute atomic E-state index is 8.87. The second-order valence-corrected chi connectivity index (χ2v) is 3.51. The average Bonchev–Trinajstić information content (AvgIpc) is 2.34. The van der Waals surface area contributed by atoms with E-state index in [-0.39, 0.29) is 6.04 Å². The molecule has 0 aliphatic carbocycles. The van der Waals surface area contributed by atoms with Crippen molar-refractivity contribution in [3.63, 3.8) is 0 Å². The van der Waals surface area contributed by atoms with Crippen molar-refractivity contribution in [2.45, 2.75) is 26.3 Å². The number of hydrogen-bond donors (Lipinski definition) is 1. The molecule has 1 unspecified atom stereocenters. The molecule has 16 heavy (non-hydrogen) atoms. The molecule has 1 rings (SSSR count). The van der Waals surface area contributed by atoms with E-state index in [0.29, 0.717) is 6.61 Å². The molecule has 0 saturated carbocycles. The van der Waals surface area contributed by atoms with Crippen LogP contribution in [0.2, 0.25) is 0 Å². The van der Waals surface area contributed by atoms with E-state index in [1.165, 1.54) is 5.56 Å². The molecule has 1 aromatic rings. The molecule has 0 saturated heterocycles. The van der Waals surface area contributed by atoms with Crippen molar-refractivity contribution in [1.29, 1.82) is 5.26 Å². The highest BCUT2D eigenvalue weighted by atomic mass is 16.5. The molecule has 0 heterocycles. The summed E-state index contributed by atoms with van der Waals surface area (Å²) in [6, 6.07) is 9.87. The first-order chi connectivity index (χ1) is 7.81. The zero-order valence-electron chi connectivity index (χ0n) is 9.86. The van der Waals surface area contributed by atoms with Crippen LogP contribution in [0.15, 0.2) is 24.3 Å². The van der Waals surface area contributed by atoms with Crippen LogP contribution in [0.25, 0.3) is 0 Å². The average molecular weight is 218 g/mol. The quantitative estimate of drug-likeness (QED) is 0.795. The first-order valence-electron chi connectivity index (χ1n) is 5.65. The Bertz CT molecular complexity index is 357. The van der Waals surface area contributed by atoms with Crippen LogP contribution in [-0.2, 0) is 6.42 Å². The van der Waals surface area contributed by atoms with E-state index >= 15 is 0 Å². The minimum Gasteiger partial charge on any atom is -0.491 e. The van der Waals surface area contributed by atoms with Crippen molar-refractivity contribution in [3.05, 3.63) is 29.8 Å². The van der Waals surface area contributed by atoms with Gasteiger partial charge < -0.3 is 4.74 Å². The summed E-state index contributed by atoms with van der Waals surface area (Å²) in [5, 5.41) is 11.9. The molecule has 0 amide bonds. The van der Waals surface area contributed by atoms with E-state index in [2.05, 4.69) is 18.3 Å². The Labute approximate surface area is 97.0 Å². The molecule has 0 spiro atoms. The van der Waals surface area contributed by atoms with Crippen LogP contribution in [0, 0.1) is 11.3 Å². The minimum atomic E-state index is -0.241. The predicted molar refractivity (Wildman–Crippen MR) is 64.4 cm³/mol. The summed E-state index contributed by atoms with van der Waals surface area (Å²) in [5.74, 6) is 0.878. The summed E-state index contributed by atoms with van der Waals surface area (Å²) < 4.78 is 5.65. The third kappa shape index (κ3) is 3.56. The normalized spacial score (nSPS) is 11.8. The Kier molecular flexibility index (Phi) is 5.38. The van der Waals surface area contributed by atoms with Gasteiger partial charge in [0.1, 0.15) is 18.4 Å². The lowest BCUT2D eigenvalue weighted by Crippen LogP contribution is -2.33. The van der Waals surface area contributed by atoms with Gasteiger partial charge in [-0.1, -0.05) is 32.0 Å². The zero-order valence-corrected chi connectivity index (χ0v) is 9.86. The van der Waals surface area contributed by atoms with Gasteiger partial charge in [0.25, 0.3) is 0 Å². The monoisotopic (exact) mass is 218 g/mol. The maximum atomic E-state index is 8.87. The van der Waals surface area contributed by atoms with Gasteiger partial charge in [-0.2, -0.15) is 5.26 Å². The van der Waals surface area contributed by atoms with Crippen LogP contribution in [0.3, 0.4) is 0 Å². The first-order valence-corrected chi connectivity index (χ1v) is 5.65. The number of likely N-dealkylation sites (N-methyl/N-ethyl adjacent to an activating group) is 1. The van der Waals surface area contributed by atoms with Crippen LogP contribution >= 0.6 is 0 Å². The molecule has 3 heteroatoms. The number of hydrogen-bond acceptors (Lipinski definition) is 3. The molecule has 0 bridgehead atoms. The van der Waals surface area contributed by atoms with Gasteiger partial charge in [-0.15, -0.1) is 0 Å². The second kappa shape index (κ2) is 6.86. The Morgan fingerprint density at radius 2 is 2.12 bits per heavy atom. The molecule has 86 valence electrons. The summed E-state index contributed by atoms with van der Waals surface area (Å²) >= 11 is 0. The SMILES string of the molecule is CCNC(C#N)COc1ccccc1CC. The Balaban J connectivity index is 2.56. The molecule has 1 atom stereocenters. The summed E-state index contributed by atoms with van der Waals surface area (Å²) in [7, 11) is 0. The van der Waals surface area contributed by atoms with Crippen molar-refractivity contribution in [1.82, 2.24) is 5.32 Å². The Morgan fingerprint density at radius 3 is 2.75 bits per heavy atom. The van der Waals surface area contributed by atoms with E-state index in [0.717, 1.165) is 18.7 Å². The highest BCUT2D eigenvalue weighted by Crippen LogP contribution is 2.18. The molecule has 1 aromatic carbocycles. The van der Waals surface area contributed by atoms with Crippen LogP contribution < -0.4 is 10.1 Å². The Hall–Kier alpha value is -1.53. The number of nitriles is 1. The molecular formula is C13H18N2O. The van der Waals surface area contributed by atoms with Gasteiger partial charge in [0.15, 0.2) is 0 Å². The molecular weight excluding hydrogens is 200 g/mol. The molecule has 0 aliphatic rings. The first kappa shape index (κ1) is 12.5. The standard InChI is InChI=1S/C13H18N2O/c1-3-11-7-5-6-8-13(11)16-10-12(9-14)15-4-2/h5-8,12,15H,3-4,10H2,1-2H3. The molecule has 0 radical (unpaired) electrons. The van der Waals surface area contributed by atoms with E-state index < -0.39 is 0 Å². The van der Waals surface area contributed by atoms with Crippen LogP contribution in [0.5, 0.6) is 5.75 Å². The topological polar surface area (TPSA) is 45.0 Å². The number of nitrogens with one attached hydrogen (secondary N) is 1. The lowest BCUT2D eigenvalue weighted by molar-refractivity contribution is 0.288. The van der Waals surface area contributed by atoms with E-state index in [1.54, 1.807) is 0 Å². The van der Waals surface area contributed by atoms with Gasteiger partial charge in [-0.25, -0.2) is 0 Å². The van der Waals surface area contributed by atoms with Gasteiger partial charge in [0.2, 0.25) is 0 Å². The van der Waals surface area contributed by atoms with Gasteiger partial charge in [0.05, 0.1) is 6.07 Å². The number of rotatable bonds is 6. The smallest absolute Gasteiger partial charge is 0.130 e. The van der Waals surface area contributed by atoms with Crippen LogP contribution in [0.1, 0.15) is 19.4 Å². The predicted octanol–water partition coefficient (Wildman–Crippen LogP) is 2.13. The summed E-state index contributed by atoms with van der Waals surface area (Å²) in [5.41, 5.74) is 1.18. The Morgan fingerprint density at radius 1 is 1.38 bits per heavy atom. The second-order valence-electron chi connectivity index (χ2n) is 3.51. The number of para-hydroxylation sites is 1. The van der Waals surface area contributed by atoms with E-state index in [1.807, 2.05) is 31.2 Å². The fraction of sp³-hybridized carbons (Fsp3) is 0.462. The third-order valence-electron chi connectivity index (χ3n) is 2.37. The molecule has 0 fully saturated rings. The van der Waals surface area contributed by atoms with E-state index in [4.69, 9.17) is 10.00 Å². The lowest BCUT2D eigenvalue weighted by Gasteiger charge is -2.13. The van der Waals surface area contributed by atoms with Crippen molar-refractivity contribution in [2.75, 3.05) is 13.2 Å². The highest BCUT2D eigenvalue weighted by Gasteiger charge is 2.07. The lowest BCUT2D eigenvalue weighted by atomic mass is 10.1. The van der Waals surface area contributed by atoms with Gasteiger partial charge in [0, 0.05) is 0 Å². The summed E-state index contributed by atoms with van der Waals surface area (Å²) in [6.07, 6.45) is 0.939. The summed E-state index contributed by atoms with van der Waals surface area (Å²) in [4.78, 5) is 0. The third-order valence-corrected chi connectivity index (χ3v) is 2.37. The fourth-order valence-corrected chi connectivity index (χ4v) is 1.50. The molecule has 1 N–H and O–H groups in total. The number of aryl methyl sites for hydroxylation is 1. The zero-order chi connectivity index (χ0) is 11.8. The number of nitrogens with zero attached hydrogens (tertiary/aromatic N) is 1. The van der Waals surface area contributed by atoms with Gasteiger partial charge in [-0.05, 0) is 24.6 Å². The van der Waals surface area contributed by atoms with Crippen molar-refractivity contribution >= 4 is 0 Å². The molecule has 0 aliphatic heterocycles. The highest BCUT2D eigenvalue weighted by molar-refractivity contribution is 5.33. The van der Waals surface area contributed by atoms with E-state index in [9.17, 15) is 0 Å². The largest absolute Gasteiger partial charge is 0.491 e. The minimum absolute atomic E-state index is 0.241. The van der Waals surface area contributed by atoms with Crippen molar-refractivity contribution in [3.8, 4) is 11.8 Å². The number of benzene rings is 1. The van der Waals surface area contributed by atoms with Crippen molar-refractivity contribution < 1.29 is 4.74 Å². The number of ether oxygens (including phenoxy) is 1. The van der Waals surface area contributed by atoms with Gasteiger partial charge >= 0.3 is 0 Å². The maximum Gasteiger partial charge on any atom is 0.130 e. The van der Waals surface area contributed by atoms with Crippen LogP contribution in [0.4, 0.5) is 0 Å². The molecule has 3 nitrogen and oxygen atoms in total. The summed E-state index contributed by atoms with van der Waals surface area (Å²) in [6.45, 7) is 5.23.